The minimum atomic E-state index is -2.96. The molecule has 22 heavy (non-hydrogen) atoms. The van der Waals surface area contributed by atoms with Gasteiger partial charge in [0, 0.05) is 36.1 Å². The van der Waals surface area contributed by atoms with Crippen LogP contribution in [0.25, 0.3) is 4.96 Å². The predicted molar refractivity (Wildman–Crippen MR) is 84.6 cm³/mol. The molecule has 1 unspecified atom stereocenters. The van der Waals surface area contributed by atoms with Gasteiger partial charge in [-0.25, -0.2) is 13.4 Å². The molecule has 3 heterocycles. The van der Waals surface area contributed by atoms with E-state index in [1.54, 1.807) is 17.5 Å². The van der Waals surface area contributed by atoms with Crippen LogP contribution in [-0.2, 0) is 21.2 Å². The van der Waals surface area contributed by atoms with Crippen molar-refractivity contribution in [2.24, 2.45) is 0 Å². The molecule has 1 aliphatic heterocycles. The van der Waals surface area contributed by atoms with E-state index in [0.717, 1.165) is 9.84 Å². The number of carbonyl (C=O) groups is 1. The van der Waals surface area contributed by atoms with Crippen molar-refractivity contribution >= 4 is 32.0 Å². The third-order valence-electron chi connectivity index (χ3n) is 3.58. The maximum absolute atomic E-state index is 12.0. The fraction of sp³-hybridized carbons (Fsp3) is 0.538. The molecule has 0 spiro atoms. The Morgan fingerprint density at radius 3 is 3.09 bits per heavy atom. The molecule has 3 rings (SSSR count). The molecular formula is C13H18N4O3S2. The van der Waals surface area contributed by atoms with Gasteiger partial charge < -0.3 is 5.32 Å². The van der Waals surface area contributed by atoms with Crippen molar-refractivity contribution in [3.05, 3.63) is 23.5 Å². The van der Waals surface area contributed by atoms with Crippen LogP contribution in [0.15, 0.2) is 18.6 Å². The number of hydrogen-bond acceptors (Lipinski definition) is 6. The van der Waals surface area contributed by atoms with Gasteiger partial charge in [-0.2, -0.15) is 0 Å². The first-order chi connectivity index (χ1) is 10.4. The Kier molecular flexibility index (Phi) is 4.20. The molecule has 7 nitrogen and oxygen atoms in total. The van der Waals surface area contributed by atoms with E-state index in [2.05, 4.69) is 10.3 Å². The van der Waals surface area contributed by atoms with Crippen LogP contribution in [0.5, 0.6) is 0 Å². The highest BCUT2D eigenvalue weighted by Gasteiger charge is 2.28. The molecule has 0 saturated carbocycles. The maximum Gasteiger partial charge on any atom is 0.234 e. The summed E-state index contributed by atoms with van der Waals surface area (Å²) in [5, 5.41) is 2.80. The van der Waals surface area contributed by atoms with Gasteiger partial charge in [0.05, 0.1) is 18.1 Å². The van der Waals surface area contributed by atoms with Crippen LogP contribution in [0, 0.1) is 0 Å². The van der Waals surface area contributed by atoms with Gasteiger partial charge >= 0.3 is 0 Å². The molecule has 9 heteroatoms. The van der Waals surface area contributed by atoms with Gasteiger partial charge in [-0.3, -0.25) is 14.1 Å². The van der Waals surface area contributed by atoms with Crippen molar-refractivity contribution in [1.29, 1.82) is 0 Å². The van der Waals surface area contributed by atoms with Gasteiger partial charge in [-0.1, -0.05) is 11.3 Å². The number of imidazole rings is 1. The molecule has 1 fully saturated rings. The van der Waals surface area contributed by atoms with Gasteiger partial charge in [-0.05, 0) is 13.5 Å². The van der Waals surface area contributed by atoms with E-state index >= 15 is 0 Å². The Hall–Kier alpha value is -1.45. The Morgan fingerprint density at radius 1 is 1.59 bits per heavy atom. The molecule has 0 aromatic carbocycles. The van der Waals surface area contributed by atoms with Crippen molar-refractivity contribution < 1.29 is 13.2 Å². The van der Waals surface area contributed by atoms with Gasteiger partial charge in [0.2, 0.25) is 5.91 Å². The summed E-state index contributed by atoms with van der Waals surface area (Å²) in [5.41, 5.74) is 0. The van der Waals surface area contributed by atoms with Crippen LogP contribution in [0.2, 0.25) is 0 Å². The molecule has 120 valence electrons. The number of rotatable bonds is 5. The van der Waals surface area contributed by atoms with E-state index in [4.69, 9.17) is 0 Å². The fourth-order valence-corrected chi connectivity index (χ4v) is 5.29. The Morgan fingerprint density at radius 2 is 2.41 bits per heavy atom. The van der Waals surface area contributed by atoms with E-state index in [9.17, 15) is 13.2 Å². The number of nitrogens with one attached hydrogen (secondary N) is 1. The predicted octanol–water partition coefficient (Wildman–Crippen LogP) is 0.131. The number of thiazole rings is 1. The Balaban J connectivity index is 1.49. The topological polar surface area (TPSA) is 83.8 Å². The summed E-state index contributed by atoms with van der Waals surface area (Å²) in [5.74, 6) is 0.0961. The zero-order valence-corrected chi connectivity index (χ0v) is 13.9. The van der Waals surface area contributed by atoms with Crippen molar-refractivity contribution in [2.75, 3.05) is 25.1 Å². The lowest BCUT2D eigenvalue weighted by Gasteiger charge is -2.17. The number of likely N-dealkylation sites (N-methyl/N-ethyl adjacent to an activating group) is 1. The zero-order chi connectivity index (χ0) is 15.7. The monoisotopic (exact) mass is 342 g/mol. The summed E-state index contributed by atoms with van der Waals surface area (Å²) < 4.78 is 24.7. The van der Waals surface area contributed by atoms with Crippen LogP contribution in [0.1, 0.15) is 11.3 Å². The number of amides is 1. The highest BCUT2D eigenvalue weighted by Crippen LogP contribution is 2.17. The first-order valence-corrected chi connectivity index (χ1v) is 9.65. The van der Waals surface area contributed by atoms with Gasteiger partial charge in [0.15, 0.2) is 14.8 Å². The summed E-state index contributed by atoms with van der Waals surface area (Å²) in [6.45, 7) is 0.904. The normalized spacial score (nSPS) is 20.7. The number of nitrogens with zero attached hydrogens (tertiary/aromatic N) is 3. The molecule has 2 aromatic rings. The van der Waals surface area contributed by atoms with Crippen molar-refractivity contribution in [3.63, 3.8) is 0 Å². The second kappa shape index (κ2) is 5.98. The van der Waals surface area contributed by atoms with Crippen molar-refractivity contribution in [1.82, 2.24) is 19.6 Å². The SMILES string of the molecule is CN(CC(=O)NC1CCS(=O)(=O)C1)Cc1cn2ccnc2s1. The third kappa shape index (κ3) is 3.65. The smallest absolute Gasteiger partial charge is 0.234 e. The van der Waals surface area contributed by atoms with Crippen LogP contribution < -0.4 is 5.32 Å². The fourth-order valence-electron chi connectivity index (χ4n) is 2.60. The second-order valence-corrected chi connectivity index (χ2v) is 8.98. The number of sulfone groups is 1. The lowest BCUT2D eigenvalue weighted by Crippen LogP contribution is -2.41. The van der Waals surface area contributed by atoms with Crippen molar-refractivity contribution in [3.8, 4) is 0 Å². The maximum atomic E-state index is 12.0. The molecule has 0 aliphatic carbocycles. The average Bonchev–Trinajstić information content (AvgIpc) is 3.03. The summed E-state index contributed by atoms with van der Waals surface area (Å²) in [6.07, 6.45) is 6.16. The standard InChI is InChI=1S/C13H18N4O3S2/c1-16(6-11-7-17-4-3-14-13(17)21-11)8-12(18)15-10-2-5-22(19,20)9-10/h3-4,7,10H,2,5-6,8-9H2,1H3,(H,15,18). The largest absolute Gasteiger partial charge is 0.351 e. The lowest BCUT2D eigenvalue weighted by molar-refractivity contribution is -0.122. The van der Waals surface area contributed by atoms with E-state index in [1.165, 1.54) is 0 Å². The number of fused-ring (bicyclic) bond motifs is 1. The molecule has 1 saturated heterocycles. The van der Waals surface area contributed by atoms with E-state index < -0.39 is 9.84 Å². The Bertz CT molecular complexity index is 752. The van der Waals surface area contributed by atoms with Gasteiger partial charge in [-0.15, -0.1) is 0 Å². The zero-order valence-electron chi connectivity index (χ0n) is 12.2. The highest BCUT2D eigenvalue weighted by molar-refractivity contribution is 7.91. The molecule has 1 aliphatic rings. The quantitative estimate of drug-likeness (QED) is 0.835. The van der Waals surface area contributed by atoms with Crippen LogP contribution in [0.4, 0.5) is 0 Å². The summed E-state index contributed by atoms with van der Waals surface area (Å²) >= 11 is 1.59. The van der Waals surface area contributed by atoms with E-state index in [0.29, 0.717) is 13.0 Å². The summed E-state index contributed by atoms with van der Waals surface area (Å²) in [7, 11) is -1.09. The molecule has 0 bridgehead atoms. The van der Waals surface area contributed by atoms with E-state index in [1.807, 2.05) is 28.7 Å². The van der Waals surface area contributed by atoms with Gasteiger partial charge in [0.1, 0.15) is 0 Å². The number of hydrogen-bond donors (Lipinski definition) is 1. The van der Waals surface area contributed by atoms with E-state index in [-0.39, 0.29) is 30.0 Å². The van der Waals surface area contributed by atoms with Crippen LogP contribution >= 0.6 is 11.3 Å². The Labute approximate surface area is 132 Å². The molecular weight excluding hydrogens is 324 g/mol. The van der Waals surface area contributed by atoms with Crippen LogP contribution in [-0.4, -0.2) is 59.7 Å². The third-order valence-corrected chi connectivity index (χ3v) is 6.34. The number of aromatic nitrogens is 2. The summed E-state index contributed by atoms with van der Waals surface area (Å²) in [4.78, 5) is 20.2. The van der Waals surface area contributed by atoms with Crippen molar-refractivity contribution in [2.45, 2.75) is 19.0 Å². The number of carbonyl (C=O) groups excluding carboxylic acids is 1. The molecule has 0 radical (unpaired) electrons. The van der Waals surface area contributed by atoms with Gasteiger partial charge in [0.25, 0.3) is 0 Å². The minimum absolute atomic E-state index is 0.0601. The lowest BCUT2D eigenvalue weighted by atomic mass is 10.2. The first kappa shape index (κ1) is 15.4. The second-order valence-electron chi connectivity index (χ2n) is 5.65. The van der Waals surface area contributed by atoms with Crippen LogP contribution in [0.3, 0.4) is 0 Å². The molecule has 1 amide bonds. The average molecular weight is 342 g/mol. The molecule has 1 atom stereocenters. The minimum Gasteiger partial charge on any atom is -0.351 e. The highest BCUT2D eigenvalue weighted by atomic mass is 32.2. The molecule has 1 N–H and O–H groups in total. The summed E-state index contributed by atoms with van der Waals surface area (Å²) in [6, 6.07) is -0.240. The molecule has 2 aromatic heterocycles. The first-order valence-electron chi connectivity index (χ1n) is 7.01.